The second-order valence-electron chi connectivity index (χ2n) is 5.17. The van der Waals surface area contributed by atoms with Crippen LogP contribution in [-0.4, -0.2) is 21.9 Å². The van der Waals surface area contributed by atoms with Crippen molar-refractivity contribution in [2.75, 3.05) is 11.1 Å². The minimum Gasteiger partial charge on any atom is -0.484 e. The number of hydrogen-bond donors (Lipinski definition) is 1. The molecule has 0 aliphatic carbocycles. The third kappa shape index (κ3) is 5.66. The average molecular weight is 412 g/mol. The zero-order chi connectivity index (χ0) is 19.2. The van der Waals surface area contributed by atoms with Gasteiger partial charge in [-0.15, -0.1) is 10.2 Å². The number of rotatable bonds is 7. The van der Waals surface area contributed by atoms with Crippen molar-refractivity contribution in [2.24, 2.45) is 0 Å². The number of halogens is 3. The number of nitrogens with zero attached hydrogens (tertiary/aromatic N) is 2. The summed E-state index contributed by atoms with van der Waals surface area (Å²) in [5, 5.41) is 10.6. The second-order valence-corrected chi connectivity index (χ2v) is 6.53. The molecule has 1 N–H and O–H groups in total. The van der Waals surface area contributed by atoms with Crippen molar-refractivity contribution < 1.29 is 22.7 Å². The average Bonchev–Trinajstić information content (AvgIpc) is 3.10. The summed E-state index contributed by atoms with van der Waals surface area (Å²) in [6, 6.07) is 9.57. The van der Waals surface area contributed by atoms with Gasteiger partial charge in [0.1, 0.15) is 17.4 Å². The Hall–Kier alpha value is -2.65. The maximum absolute atomic E-state index is 13.5. The molecular formula is C17H12ClF2N3O3S. The molecule has 3 rings (SSSR count). The molecule has 0 saturated heterocycles. The number of hydrogen-bond acceptors (Lipinski definition) is 6. The van der Waals surface area contributed by atoms with Crippen LogP contribution >= 0.6 is 23.4 Å². The molecule has 2 aromatic carbocycles. The Morgan fingerprint density at radius 2 is 1.96 bits per heavy atom. The van der Waals surface area contributed by atoms with E-state index in [0.29, 0.717) is 10.8 Å². The van der Waals surface area contributed by atoms with Crippen molar-refractivity contribution in [3.8, 4) is 5.75 Å². The van der Waals surface area contributed by atoms with Crippen molar-refractivity contribution >= 4 is 35.0 Å². The van der Waals surface area contributed by atoms with E-state index in [1.165, 1.54) is 0 Å². The fraction of sp³-hybridized carbons (Fsp3) is 0.118. The maximum Gasteiger partial charge on any atom is 0.277 e. The fourth-order valence-corrected chi connectivity index (χ4v) is 2.64. The standard InChI is InChI=1S/C17H12ClF2N3O3S/c18-10-1-4-12(5-2-10)25-8-16-22-23-17(26-16)27-9-15(24)21-14-7-11(19)3-6-13(14)20/h1-7H,8-9H2,(H,21,24). The van der Waals surface area contributed by atoms with Gasteiger partial charge in [0.15, 0.2) is 6.61 Å². The Balaban J connectivity index is 1.48. The van der Waals surface area contributed by atoms with Gasteiger partial charge in [0.25, 0.3) is 11.1 Å². The lowest BCUT2D eigenvalue weighted by atomic mass is 10.3. The van der Waals surface area contributed by atoms with Crippen molar-refractivity contribution in [1.29, 1.82) is 0 Å². The number of amides is 1. The highest BCUT2D eigenvalue weighted by Crippen LogP contribution is 2.20. The van der Waals surface area contributed by atoms with Crippen LogP contribution in [0.2, 0.25) is 5.02 Å². The Morgan fingerprint density at radius 3 is 2.74 bits per heavy atom. The molecule has 3 aromatic rings. The van der Waals surface area contributed by atoms with Gasteiger partial charge >= 0.3 is 0 Å². The second kappa shape index (κ2) is 8.83. The molecule has 6 nitrogen and oxygen atoms in total. The molecular weight excluding hydrogens is 400 g/mol. The Labute approximate surface area is 161 Å². The van der Waals surface area contributed by atoms with E-state index >= 15 is 0 Å². The predicted octanol–water partition coefficient (Wildman–Crippen LogP) is 4.31. The molecule has 0 spiro atoms. The first-order chi connectivity index (χ1) is 13.0. The Bertz CT molecular complexity index is 937. The van der Waals surface area contributed by atoms with Crippen LogP contribution in [0.5, 0.6) is 5.75 Å². The highest BCUT2D eigenvalue weighted by molar-refractivity contribution is 7.99. The van der Waals surface area contributed by atoms with Crippen molar-refractivity contribution in [1.82, 2.24) is 10.2 Å². The molecule has 140 valence electrons. The molecule has 0 fully saturated rings. The number of anilines is 1. The van der Waals surface area contributed by atoms with Crippen LogP contribution in [0.1, 0.15) is 5.89 Å². The summed E-state index contributed by atoms with van der Waals surface area (Å²) < 4.78 is 37.4. The lowest BCUT2D eigenvalue weighted by molar-refractivity contribution is -0.113. The lowest BCUT2D eigenvalue weighted by Crippen LogP contribution is -2.15. The summed E-state index contributed by atoms with van der Waals surface area (Å²) in [6.07, 6.45) is 0. The van der Waals surface area contributed by atoms with Crippen LogP contribution in [0.4, 0.5) is 14.5 Å². The van der Waals surface area contributed by atoms with Gasteiger partial charge in [0.05, 0.1) is 11.4 Å². The minimum absolute atomic E-state index is 0.0515. The summed E-state index contributed by atoms with van der Waals surface area (Å²) in [4.78, 5) is 11.8. The fourth-order valence-electron chi connectivity index (χ4n) is 1.94. The van der Waals surface area contributed by atoms with Gasteiger partial charge in [-0.3, -0.25) is 4.79 Å². The van der Waals surface area contributed by atoms with Gasteiger partial charge < -0.3 is 14.5 Å². The van der Waals surface area contributed by atoms with E-state index in [4.69, 9.17) is 20.8 Å². The van der Waals surface area contributed by atoms with Crippen LogP contribution in [-0.2, 0) is 11.4 Å². The normalized spacial score (nSPS) is 10.6. The van der Waals surface area contributed by atoms with Crippen LogP contribution in [0.15, 0.2) is 52.1 Å². The van der Waals surface area contributed by atoms with E-state index in [0.717, 1.165) is 30.0 Å². The van der Waals surface area contributed by atoms with Gasteiger partial charge in [0.2, 0.25) is 5.91 Å². The highest BCUT2D eigenvalue weighted by atomic mass is 35.5. The van der Waals surface area contributed by atoms with Gasteiger partial charge in [0, 0.05) is 11.1 Å². The number of benzene rings is 2. The van der Waals surface area contributed by atoms with Gasteiger partial charge in [-0.1, -0.05) is 23.4 Å². The molecule has 1 aromatic heterocycles. The smallest absolute Gasteiger partial charge is 0.277 e. The summed E-state index contributed by atoms with van der Waals surface area (Å²) >= 11 is 6.75. The Morgan fingerprint density at radius 1 is 1.19 bits per heavy atom. The SMILES string of the molecule is O=C(CSc1nnc(COc2ccc(Cl)cc2)o1)Nc1cc(F)ccc1F. The predicted molar refractivity (Wildman–Crippen MR) is 95.8 cm³/mol. The van der Waals surface area contributed by atoms with E-state index in [9.17, 15) is 13.6 Å². The number of aromatic nitrogens is 2. The molecule has 1 heterocycles. The summed E-state index contributed by atoms with van der Waals surface area (Å²) in [5.41, 5.74) is -0.233. The molecule has 0 radical (unpaired) electrons. The van der Waals surface area contributed by atoms with E-state index < -0.39 is 17.5 Å². The third-order valence-corrected chi connectivity index (χ3v) is 4.22. The zero-order valence-electron chi connectivity index (χ0n) is 13.6. The van der Waals surface area contributed by atoms with E-state index in [1.807, 2.05) is 0 Å². The van der Waals surface area contributed by atoms with Gasteiger partial charge in [-0.05, 0) is 36.4 Å². The molecule has 0 bridgehead atoms. The number of thioether (sulfide) groups is 1. The zero-order valence-corrected chi connectivity index (χ0v) is 15.2. The first-order valence-electron chi connectivity index (χ1n) is 7.58. The Kier molecular flexibility index (Phi) is 6.25. The third-order valence-electron chi connectivity index (χ3n) is 3.15. The number of carbonyl (C=O) groups excluding carboxylic acids is 1. The van der Waals surface area contributed by atoms with Crippen molar-refractivity contribution in [2.45, 2.75) is 11.8 Å². The largest absolute Gasteiger partial charge is 0.484 e. The molecule has 0 saturated carbocycles. The number of ether oxygens (including phenoxy) is 1. The number of carbonyl (C=O) groups is 1. The quantitative estimate of drug-likeness (QED) is 0.584. The van der Waals surface area contributed by atoms with E-state index in [1.54, 1.807) is 24.3 Å². The molecule has 10 heteroatoms. The lowest BCUT2D eigenvalue weighted by Gasteiger charge is -2.05. The molecule has 27 heavy (non-hydrogen) atoms. The first-order valence-corrected chi connectivity index (χ1v) is 8.94. The highest BCUT2D eigenvalue weighted by Gasteiger charge is 2.12. The molecule has 0 atom stereocenters. The van der Waals surface area contributed by atoms with Gasteiger partial charge in [-0.25, -0.2) is 8.78 Å². The molecule has 0 aliphatic rings. The molecule has 1 amide bonds. The van der Waals surface area contributed by atoms with E-state index in [2.05, 4.69) is 15.5 Å². The van der Waals surface area contributed by atoms with Crippen LogP contribution < -0.4 is 10.1 Å². The number of nitrogens with one attached hydrogen (secondary N) is 1. The van der Waals surface area contributed by atoms with Gasteiger partial charge in [-0.2, -0.15) is 0 Å². The van der Waals surface area contributed by atoms with Crippen molar-refractivity contribution in [3.05, 3.63) is 65.0 Å². The van der Waals surface area contributed by atoms with E-state index in [-0.39, 0.29) is 29.2 Å². The summed E-state index contributed by atoms with van der Waals surface area (Å²) in [7, 11) is 0. The molecule has 0 aliphatic heterocycles. The topological polar surface area (TPSA) is 77.2 Å². The van der Waals surface area contributed by atoms with Crippen LogP contribution in [0, 0.1) is 11.6 Å². The van der Waals surface area contributed by atoms with Crippen LogP contribution in [0.25, 0.3) is 0 Å². The first kappa shape index (κ1) is 19.1. The monoisotopic (exact) mass is 411 g/mol. The maximum atomic E-state index is 13.5. The van der Waals surface area contributed by atoms with Crippen LogP contribution in [0.3, 0.4) is 0 Å². The minimum atomic E-state index is -0.728. The summed E-state index contributed by atoms with van der Waals surface area (Å²) in [6.45, 7) is 0.0515. The molecule has 0 unspecified atom stereocenters. The van der Waals surface area contributed by atoms with Crippen molar-refractivity contribution in [3.63, 3.8) is 0 Å². The summed E-state index contributed by atoms with van der Waals surface area (Å²) in [5.74, 6) is -1.22.